The second kappa shape index (κ2) is 13.6. The summed E-state index contributed by atoms with van der Waals surface area (Å²) in [5, 5.41) is 0. The quantitative estimate of drug-likeness (QED) is 0.125. The van der Waals surface area contributed by atoms with Crippen molar-refractivity contribution in [3.8, 4) is 5.75 Å². The highest BCUT2D eigenvalue weighted by atomic mass is 127. The second-order valence-corrected chi connectivity index (χ2v) is 13.1. The Balaban J connectivity index is 1.56. The van der Waals surface area contributed by atoms with Crippen molar-refractivity contribution in [3.63, 3.8) is 0 Å². The number of ether oxygens (including phenoxy) is 2. The zero-order valence-corrected chi connectivity index (χ0v) is 28.4. The fourth-order valence-corrected chi connectivity index (χ4v) is 7.84. The van der Waals surface area contributed by atoms with Gasteiger partial charge in [-0.25, -0.2) is 14.2 Å². The number of halogens is 3. The highest BCUT2D eigenvalue weighted by molar-refractivity contribution is 14.1. The number of thiazole rings is 1. The number of carbonyl (C=O) groups is 1. The Bertz CT molecular complexity index is 2110. The Hall–Kier alpha value is -3.87. The molecule has 5 aromatic rings. The van der Waals surface area contributed by atoms with Crippen molar-refractivity contribution in [2.75, 3.05) is 6.61 Å². The van der Waals surface area contributed by atoms with Crippen LogP contribution >= 0.6 is 49.9 Å². The van der Waals surface area contributed by atoms with Crippen LogP contribution in [-0.2, 0) is 16.1 Å². The highest BCUT2D eigenvalue weighted by Gasteiger charge is 2.35. The van der Waals surface area contributed by atoms with Gasteiger partial charge in [-0.1, -0.05) is 106 Å². The highest BCUT2D eigenvalue weighted by Crippen LogP contribution is 2.35. The summed E-state index contributed by atoms with van der Waals surface area (Å²) in [5.74, 6) is -0.370. The third-order valence-corrected chi connectivity index (χ3v) is 9.38. The molecule has 4 aromatic carbocycles. The van der Waals surface area contributed by atoms with Gasteiger partial charge in [-0.15, -0.1) is 0 Å². The van der Waals surface area contributed by atoms with Crippen LogP contribution in [0.1, 0.15) is 35.2 Å². The molecule has 0 radical (unpaired) electrons. The Morgan fingerprint density at radius 1 is 1.04 bits per heavy atom. The number of nitrogens with zero attached hydrogens (tertiary/aromatic N) is 2. The van der Waals surface area contributed by atoms with E-state index in [9.17, 15) is 14.0 Å². The molecule has 0 unspecified atom stereocenters. The van der Waals surface area contributed by atoms with E-state index < -0.39 is 12.0 Å². The lowest BCUT2D eigenvalue weighted by molar-refractivity contribution is -0.138. The van der Waals surface area contributed by atoms with Crippen molar-refractivity contribution in [3.05, 3.63) is 158 Å². The first-order valence-corrected chi connectivity index (χ1v) is 16.7. The molecule has 226 valence electrons. The van der Waals surface area contributed by atoms with Gasteiger partial charge in [0, 0.05) is 21.2 Å². The summed E-state index contributed by atoms with van der Waals surface area (Å²) in [4.78, 5) is 33.2. The first-order valence-electron chi connectivity index (χ1n) is 14.0. The summed E-state index contributed by atoms with van der Waals surface area (Å²) < 4.78 is 29.6. The molecular formula is C35H25BrFIN2O4S. The van der Waals surface area contributed by atoms with Gasteiger partial charge in [-0.05, 0) is 59.4 Å². The third kappa shape index (κ3) is 6.45. The average molecular weight is 795 g/mol. The Morgan fingerprint density at radius 2 is 1.73 bits per heavy atom. The Labute approximate surface area is 284 Å². The van der Waals surface area contributed by atoms with E-state index in [2.05, 4.69) is 38.5 Å². The van der Waals surface area contributed by atoms with Gasteiger partial charge in [0.05, 0.1) is 32.0 Å². The monoisotopic (exact) mass is 794 g/mol. The van der Waals surface area contributed by atoms with E-state index in [1.165, 1.54) is 17.4 Å². The lowest BCUT2D eigenvalue weighted by Gasteiger charge is -2.25. The molecule has 2 heterocycles. The van der Waals surface area contributed by atoms with E-state index >= 15 is 0 Å². The fourth-order valence-electron chi connectivity index (χ4n) is 5.14. The van der Waals surface area contributed by atoms with Crippen molar-refractivity contribution in [2.24, 2.45) is 4.99 Å². The van der Waals surface area contributed by atoms with Crippen LogP contribution < -0.4 is 19.6 Å². The third-order valence-electron chi connectivity index (χ3n) is 7.14. The molecule has 0 spiro atoms. The summed E-state index contributed by atoms with van der Waals surface area (Å²) in [6.07, 6.45) is 1.76. The molecule has 1 aliphatic rings. The van der Waals surface area contributed by atoms with Gasteiger partial charge < -0.3 is 9.47 Å². The van der Waals surface area contributed by atoms with Gasteiger partial charge in [0.25, 0.3) is 5.56 Å². The maximum atomic E-state index is 14.4. The SMILES string of the molecule is CCOC(=O)C1=C(c2ccccc2)N=c2s/c(=C\c3cc(Br)cc(I)c3OCc3ccccc3F)c(=O)n2[C@H]1c1ccccc1. The second-order valence-electron chi connectivity index (χ2n) is 10.0. The summed E-state index contributed by atoms with van der Waals surface area (Å²) >= 11 is 6.95. The van der Waals surface area contributed by atoms with E-state index in [0.717, 1.165) is 19.2 Å². The fraction of sp³-hybridized carbons (Fsp3) is 0.114. The lowest BCUT2D eigenvalue weighted by Crippen LogP contribution is -2.40. The summed E-state index contributed by atoms with van der Waals surface area (Å²) in [7, 11) is 0. The van der Waals surface area contributed by atoms with Gasteiger partial charge in [0.15, 0.2) is 4.80 Å². The van der Waals surface area contributed by atoms with Gasteiger partial charge in [0.2, 0.25) is 0 Å². The zero-order chi connectivity index (χ0) is 31.5. The number of benzene rings is 4. The van der Waals surface area contributed by atoms with Gasteiger partial charge in [-0.2, -0.15) is 0 Å². The number of rotatable bonds is 8. The number of carbonyl (C=O) groups excluding carboxylic acids is 1. The van der Waals surface area contributed by atoms with Crippen LogP contribution in [0.4, 0.5) is 4.39 Å². The minimum absolute atomic E-state index is 0.0176. The number of esters is 1. The summed E-state index contributed by atoms with van der Waals surface area (Å²) in [6.45, 7) is 1.94. The predicted octanol–water partition coefficient (Wildman–Crippen LogP) is 7.02. The maximum absolute atomic E-state index is 14.4. The molecule has 1 aliphatic heterocycles. The molecule has 6 nitrogen and oxygen atoms in total. The molecule has 1 atom stereocenters. The molecule has 45 heavy (non-hydrogen) atoms. The van der Waals surface area contributed by atoms with Gasteiger partial charge in [0.1, 0.15) is 18.2 Å². The van der Waals surface area contributed by atoms with Crippen LogP contribution in [0, 0.1) is 9.39 Å². The van der Waals surface area contributed by atoms with Crippen molar-refractivity contribution < 1.29 is 18.7 Å². The van der Waals surface area contributed by atoms with E-state index in [4.69, 9.17) is 14.5 Å². The molecule has 0 amide bonds. The minimum Gasteiger partial charge on any atom is -0.487 e. The average Bonchev–Trinajstić information content (AvgIpc) is 3.35. The van der Waals surface area contributed by atoms with E-state index in [1.54, 1.807) is 35.8 Å². The zero-order valence-electron chi connectivity index (χ0n) is 23.9. The molecule has 0 N–H and O–H groups in total. The van der Waals surface area contributed by atoms with E-state index in [1.807, 2.05) is 72.8 Å². The van der Waals surface area contributed by atoms with Crippen LogP contribution in [0.3, 0.4) is 0 Å². The topological polar surface area (TPSA) is 69.9 Å². The summed E-state index contributed by atoms with van der Waals surface area (Å²) in [6, 6.07) is 28.3. The molecular weight excluding hydrogens is 770 g/mol. The van der Waals surface area contributed by atoms with Crippen molar-refractivity contribution in [1.82, 2.24) is 4.57 Å². The Morgan fingerprint density at radius 3 is 2.44 bits per heavy atom. The van der Waals surface area contributed by atoms with Crippen LogP contribution in [-0.4, -0.2) is 17.1 Å². The van der Waals surface area contributed by atoms with Crippen LogP contribution in [0.2, 0.25) is 0 Å². The summed E-state index contributed by atoms with van der Waals surface area (Å²) in [5.41, 5.74) is 2.99. The molecule has 0 aliphatic carbocycles. The van der Waals surface area contributed by atoms with Crippen LogP contribution in [0.5, 0.6) is 5.75 Å². The molecule has 6 rings (SSSR count). The van der Waals surface area contributed by atoms with Crippen LogP contribution in [0.15, 0.2) is 117 Å². The standard InChI is InChI=1S/C35H25BrFIN2O4S/c1-2-43-34(42)29-30(21-11-5-3-6-12-21)39-35-40(31(29)22-13-7-4-8-14-22)33(41)28(45-35)18-24-17-25(36)19-27(38)32(24)44-20-23-15-9-10-16-26(23)37/h3-19,31H,2,20H2,1H3/b28-18-/t31-/m0/s1. The number of hydrogen-bond acceptors (Lipinski definition) is 6. The van der Waals surface area contributed by atoms with Crippen molar-refractivity contribution in [2.45, 2.75) is 19.6 Å². The Kier molecular flexibility index (Phi) is 9.43. The van der Waals surface area contributed by atoms with Crippen molar-refractivity contribution >= 4 is 67.6 Å². The van der Waals surface area contributed by atoms with E-state index in [-0.39, 0.29) is 24.6 Å². The van der Waals surface area contributed by atoms with Gasteiger partial charge in [-0.3, -0.25) is 9.36 Å². The predicted molar refractivity (Wildman–Crippen MR) is 185 cm³/mol. The first kappa shape index (κ1) is 31.1. The van der Waals surface area contributed by atoms with Crippen molar-refractivity contribution in [1.29, 1.82) is 0 Å². The first-order chi connectivity index (χ1) is 21.9. The number of hydrogen-bond donors (Lipinski definition) is 0. The lowest BCUT2D eigenvalue weighted by atomic mass is 9.93. The molecule has 0 saturated carbocycles. The molecule has 10 heteroatoms. The molecule has 0 saturated heterocycles. The molecule has 1 aromatic heterocycles. The maximum Gasteiger partial charge on any atom is 0.338 e. The smallest absolute Gasteiger partial charge is 0.338 e. The molecule has 0 fully saturated rings. The minimum atomic E-state index is -0.765. The van der Waals surface area contributed by atoms with Crippen LogP contribution in [0.25, 0.3) is 11.8 Å². The van der Waals surface area contributed by atoms with E-state index in [0.29, 0.717) is 37.5 Å². The normalized spacial score (nSPS) is 14.6. The number of aromatic nitrogens is 1. The largest absolute Gasteiger partial charge is 0.487 e. The van der Waals surface area contributed by atoms with Gasteiger partial charge >= 0.3 is 5.97 Å². The molecule has 0 bridgehead atoms. The number of fused-ring (bicyclic) bond motifs is 1.